The zero-order valence-electron chi connectivity index (χ0n) is 9.37. The van der Waals surface area contributed by atoms with Crippen LogP contribution >= 0.6 is 0 Å². The molecule has 1 aromatic carbocycles. The smallest absolute Gasteiger partial charge is 0.149 e. The number of nitrogens with zero attached hydrogens (tertiary/aromatic N) is 3. The first kappa shape index (κ1) is 11.8. The summed E-state index contributed by atoms with van der Waals surface area (Å²) in [5, 5.41) is 8.57. The van der Waals surface area contributed by atoms with Crippen molar-refractivity contribution in [3.05, 3.63) is 29.8 Å². The monoisotopic (exact) mass is 237 g/mol. The fraction of sp³-hybridized carbons (Fsp3) is 0.417. The summed E-state index contributed by atoms with van der Waals surface area (Å²) >= 11 is 0. The molecule has 1 aromatic rings. The van der Waals surface area contributed by atoms with Crippen molar-refractivity contribution in [1.29, 1.82) is 5.26 Å². The SMILES string of the molecule is N#CCN1CCN(c2ccc(F)cc2F)CC1. The van der Waals surface area contributed by atoms with Crippen LogP contribution in [0.3, 0.4) is 0 Å². The Bertz CT molecular complexity index is 434. The molecule has 3 nitrogen and oxygen atoms in total. The highest BCUT2D eigenvalue weighted by Gasteiger charge is 2.19. The van der Waals surface area contributed by atoms with Crippen molar-refractivity contribution < 1.29 is 8.78 Å². The third-order valence-corrected chi connectivity index (χ3v) is 2.92. The maximum Gasteiger partial charge on any atom is 0.149 e. The van der Waals surface area contributed by atoms with E-state index in [4.69, 9.17) is 5.26 Å². The minimum atomic E-state index is -0.561. The molecule has 90 valence electrons. The lowest BCUT2D eigenvalue weighted by molar-refractivity contribution is 0.286. The number of rotatable bonds is 2. The molecular formula is C12H13F2N3. The van der Waals surface area contributed by atoms with Crippen molar-refractivity contribution in [3.63, 3.8) is 0 Å². The summed E-state index contributed by atoms with van der Waals surface area (Å²) in [7, 11) is 0. The minimum Gasteiger partial charge on any atom is -0.367 e. The standard InChI is InChI=1S/C12H13F2N3/c13-10-1-2-12(11(14)9-10)17-7-5-16(4-3-15)6-8-17/h1-2,9H,4-8H2. The molecule has 0 aliphatic carbocycles. The first-order chi connectivity index (χ1) is 8.20. The van der Waals surface area contributed by atoms with Crippen LogP contribution in [-0.4, -0.2) is 37.6 Å². The van der Waals surface area contributed by atoms with Gasteiger partial charge in [0, 0.05) is 32.2 Å². The zero-order chi connectivity index (χ0) is 12.3. The molecule has 1 fully saturated rings. The van der Waals surface area contributed by atoms with Gasteiger partial charge in [0.05, 0.1) is 18.3 Å². The van der Waals surface area contributed by atoms with E-state index in [2.05, 4.69) is 6.07 Å². The zero-order valence-corrected chi connectivity index (χ0v) is 9.37. The maximum absolute atomic E-state index is 13.5. The molecule has 1 aliphatic heterocycles. The highest BCUT2D eigenvalue weighted by Crippen LogP contribution is 2.21. The average Bonchev–Trinajstić information content (AvgIpc) is 2.31. The van der Waals surface area contributed by atoms with E-state index in [1.807, 2.05) is 9.80 Å². The van der Waals surface area contributed by atoms with E-state index in [9.17, 15) is 8.78 Å². The van der Waals surface area contributed by atoms with Gasteiger partial charge in [-0.2, -0.15) is 5.26 Å². The topological polar surface area (TPSA) is 30.3 Å². The molecule has 5 heteroatoms. The second kappa shape index (κ2) is 5.11. The molecule has 0 N–H and O–H groups in total. The third-order valence-electron chi connectivity index (χ3n) is 2.92. The van der Waals surface area contributed by atoms with Crippen molar-refractivity contribution in [2.24, 2.45) is 0 Å². The van der Waals surface area contributed by atoms with Gasteiger partial charge in [-0.05, 0) is 12.1 Å². The van der Waals surface area contributed by atoms with E-state index in [1.54, 1.807) is 0 Å². The van der Waals surface area contributed by atoms with Crippen LogP contribution in [0.4, 0.5) is 14.5 Å². The molecule has 0 unspecified atom stereocenters. The van der Waals surface area contributed by atoms with E-state index in [0.29, 0.717) is 25.3 Å². The predicted molar refractivity (Wildman–Crippen MR) is 60.6 cm³/mol. The largest absolute Gasteiger partial charge is 0.367 e. The van der Waals surface area contributed by atoms with Crippen molar-refractivity contribution in [2.75, 3.05) is 37.6 Å². The summed E-state index contributed by atoms with van der Waals surface area (Å²) in [4.78, 5) is 3.89. The molecule has 1 heterocycles. The van der Waals surface area contributed by atoms with Crippen LogP contribution < -0.4 is 4.90 Å². The van der Waals surface area contributed by atoms with Crippen LogP contribution in [0.2, 0.25) is 0 Å². The lowest BCUT2D eigenvalue weighted by Crippen LogP contribution is -2.46. The minimum absolute atomic E-state index is 0.403. The van der Waals surface area contributed by atoms with Gasteiger partial charge in [0.2, 0.25) is 0 Å². The predicted octanol–water partition coefficient (Wildman–Crippen LogP) is 1.61. The molecule has 0 saturated carbocycles. The number of hydrogen-bond acceptors (Lipinski definition) is 3. The normalized spacial score (nSPS) is 16.9. The molecule has 1 aliphatic rings. The fourth-order valence-electron chi connectivity index (χ4n) is 1.98. The molecule has 0 radical (unpaired) electrons. The van der Waals surface area contributed by atoms with Crippen molar-refractivity contribution in [3.8, 4) is 6.07 Å². The van der Waals surface area contributed by atoms with Crippen LogP contribution in [0.5, 0.6) is 0 Å². The van der Waals surface area contributed by atoms with Crippen LogP contribution in [0, 0.1) is 23.0 Å². The second-order valence-electron chi connectivity index (χ2n) is 4.02. The molecule has 0 amide bonds. The summed E-state index contributed by atoms with van der Waals surface area (Å²) < 4.78 is 26.3. The van der Waals surface area contributed by atoms with E-state index in [0.717, 1.165) is 19.2 Å². The number of nitriles is 1. The number of benzene rings is 1. The number of piperazine rings is 1. The highest BCUT2D eigenvalue weighted by atomic mass is 19.1. The average molecular weight is 237 g/mol. The summed E-state index contributed by atoms with van der Waals surface area (Å²) in [6, 6.07) is 5.72. The van der Waals surface area contributed by atoms with E-state index in [-0.39, 0.29) is 0 Å². The van der Waals surface area contributed by atoms with Crippen molar-refractivity contribution in [1.82, 2.24) is 4.90 Å². The van der Waals surface area contributed by atoms with Crippen LogP contribution in [0.15, 0.2) is 18.2 Å². The van der Waals surface area contributed by atoms with Crippen LogP contribution in [0.25, 0.3) is 0 Å². The lowest BCUT2D eigenvalue weighted by atomic mass is 10.2. The summed E-state index contributed by atoms with van der Waals surface area (Å²) in [5.41, 5.74) is 0.433. The van der Waals surface area contributed by atoms with Gasteiger partial charge in [0.25, 0.3) is 0 Å². The Hall–Kier alpha value is -1.67. The fourth-order valence-corrected chi connectivity index (χ4v) is 1.98. The molecule has 0 atom stereocenters. The van der Waals surface area contributed by atoms with Gasteiger partial charge in [-0.25, -0.2) is 8.78 Å². The molecule has 0 spiro atoms. The first-order valence-electron chi connectivity index (χ1n) is 5.50. The quantitative estimate of drug-likeness (QED) is 0.732. The Morgan fingerprint density at radius 2 is 1.88 bits per heavy atom. The molecule has 0 bridgehead atoms. The second-order valence-corrected chi connectivity index (χ2v) is 4.02. The molecular weight excluding hydrogens is 224 g/mol. The maximum atomic E-state index is 13.5. The third kappa shape index (κ3) is 2.71. The molecule has 17 heavy (non-hydrogen) atoms. The first-order valence-corrected chi connectivity index (χ1v) is 5.50. The van der Waals surface area contributed by atoms with Gasteiger partial charge in [-0.3, -0.25) is 4.90 Å². The lowest BCUT2D eigenvalue weighted by Gasteiger charge is -2.35. The van der Waals surface area contributed by atoms with E-state index >= 15 is 0 Å². The Balaban J connectivity index is 2.03. The Morgan fingerprint density at radius 3 is 2.47 bits per heavy atom. The number of hydrogen-bond donors (Lipinski definition) is 0. The van der Waals surface area contributed by atoms with E-state index in [1.165, 1.54) is 12.1 Å². The number of halogens is 2. The molecule has 1 saturated heterocycles. The summed E-state index contributed by atoms with van der Waals surface area (Å²) in [5.74, 6) is -1.09. The Kier molecular flexibility index (Phi) is 3.55. The van der Waals surface area contributed by atoms with Gasteiger partial charge in [-0.1, -0.05) is 0 Å². The summed E-state index contributed by atoms with van der Waals surface area (Å²) in [6.07, 6.45) is 0. The van der Waals surface area contributed by atoms with Gasteiger partial charge in [-0.15, -0.1) is 0 Å². The molecule has 0 aromatic heterocycles. The number of anilines is 1. The highest BCUT2D eigenvalue weighted by molar-refractivity contribution is 5.48. The van der Waals surface area contributed by atoms with Gasteiger partial charge in [0.1, 0.15) is 11.6 Å². The van der Waals surface area contributed by atoms with Gasteiger partial charge < -0.3 is 4.90 Å². The van der Waals surface area contributed by atoms with Crippen molar-refractivity contribution in [2.45, 2.75) is 0 Å². The van der Waals surface area contributed by atoms with Gasteiger partial charge >= 0.3 is 0 Å². The van der Waals surface area contributed by atoms with Crippen LogP contribution in [0.1, 0.15) is 0 Å². The molecule has 2 rings (SSSR count). The Labute approximate surface area is 98.9 Å². The van der Waals surface area contributed by atoms with Gasteiger partial charge in [0.15, 0.2) is 0 Å². The van der Waals surface area contributed by atoms with Crippen LogP contribution in [-0.2, 0) is 0 Å². The van der Waals surface area contributed by atoms with Crippen molar-refractivity contribution >= 4 is 5.69 Å². The Morgan fingerprint density at radius 1 is 1.18 bits per heavy atom. The summed E-state index contributed by atoms with van der Waals surface area (Å²) in [6.45, 7) is 3.17. The van der Waals surface area contributed by atoms with E-state index < -0.39 is 11.6 Å².